The molecule has 0 aliphatic carbocycles. The van der Waals surface area contributed by atoms with Gasteiger partial charge in [0, 0.05) is 11.6 Å². The van der Waals surface area contributed by atoms with Gasteiger partial charge < -0.3 is 20.5 Å². The molecule has 0 aromatic heterocycles. The van der Waals surface area contributed by atoms with Crippen molar-refractivity contribution in [2.24, 2.45) is 5.92 Å². The fraction of sp³-hybridized carbons (Fsp3) is 0.632. The van der Waals surface area contributed by atoms with Gasteiger partial charge in [0.05, 0.1) is 7.11 Å². The summed E-state index contributed by atoms with van der Waals surface area (Å²) in [6.45, 7) is 3.53. The maximum absolute atomic E-state index is 13.6. The number of aliphatic hydroxyl groups is 1. The number of benzene rings is 1. The molecule has 1 aliphatic heterocycles. The second-order valence-electron chi connectivity index (χ2n) is 7.09. The van der Waals surface area contributed by atoms with Crippen LogP contribution < -0.4 is 15.4 Å². The van der Waals surface area contributed by atoms with E-state index in [1.54, 1.807) is 6.92 Å². The van der Waals surface area contributed by atoms with Crippen LogP contribution in [0.4, 0.5) is 13.2 Å². The maximum Gasteiger partial charge on any atom is 0.430 e. The molecular formula is C19H28ClF3N2O3. The lowest BCUT2D eigenvalue weighted by atomic mass is 9.90. The fourth-order valence-electron chi connectivity index (χ4n) is 3.33. The Morgan fingerprint density at radius 1 is 1.36 bits per heavy atom. The van der Waals surface area contributed by atoms with E-state index in [0.29, 0.717) is 12.3 Å². The Balaban J connectivity index is 0.00000392. The molecule has 1 saturated heterocycles. The Bertz CT molecular complexity index is 639. The molecule has 2 atom stereocenters. The van der Waals surface area contributed by atoms with Crippen LogP contribution in [-0.4, -0.2) is 43.4 Å². The minimum atomic E-state index is -5.17. The van der Waals surface area contributed by atoms with Gasteiger partial charge in [0.25, 0.3) is 11.5 Å². The van der Waals surface area contributed by atoms with Gasteiger partial charge in [0.15, 0.2) is 0 Å². The van der Waals surface area contributed by atoms with E-state index in [-0.39, 0.29) is 18.2 Å². The van der Waals surface area contributed by atoms with Gasteiger partial charge in [0.1, 0.15) is 5.75 Å². The zero-order chi connectivity index (χ0) is 20.1. The van der Waals surface area contributed by atoms with Crippen LogP contribution in [0.3, 0.4) is 0 Å². The monoisotopic (exact) mass is 424 g/mol. The van der Waals surface area contributed by atoms with Crippen molar-refractivity contribution in [1.29, 1.82) is 0 Å². The van der Waals surface area contributed by atoms with E-state index >= 15 is 0 Å². The van der Waals surface area contributed by atoms with Crippen LogP contribution in [-0.2, 0) is 10.4 Å². The van der Waals surface area contributed by atoms with Crippen molar-refractivity contribution in [2.75, 3.05) is 20.2 Å². The number of nitrogens with one attached hydrogen (secondary N) is 2. The number of amides is 1. The number of piperidine rings is 1. The molecule has 1 unspecified atom stereocenters. The molecule has 2 rings (SSSR count). The molecule has 1 fully saturated rings. The number of carbonyl (C=O) groups excluding carboxylic acids is 1. The highest BCUT2D eigenvalue weighted by atomic mass is 35.5. The van der Waals surface area contributed by atoms with E-state index in [2.05, 4.69) is 10.6 Å². The molecular weight excluding hydrogens is 397 g/mol. The maximum atomic E-state index is 13.6. The predicted octanol–water partition coefficient (Wildman–Crippen LogP) is 3.15. The van der Waals surface area contributed by atoms with Crippen LogP contribution in [0.5, 0.6) is 5.75 Å². The van der Waals surface area contributed by atoms with E-state index in [1.807, 2.05) is 0 Å². The van der Waals surface area contributed by atoms with Crippen LogP contribution >= 0.6 is 12.4 Å². The molecule has 0 spiro atoms. The molecule has 160 valence electrons. The standard InChI is InChI=1S/C19H27F3N2O3.ClH/c1-13(6-7-14-8-10-23-11-9-14)24-17(25)18(26,19(20,21)22)15-4-3-5-16(12-15)27-2;/h3-5,12-14,23,26H,6-11H2,1-2H3,(H,24,25);1H/t13?,18-;/m1./s1. The lowest BCUT2D eigenvalue weighted by molar-refractivity contribution is -0.257. The van der Waals surface area contributed by atoms with Crippen LogP contribution in [0.15, 0.2) is 24.3 Å². The third-order valence-corrected chi connectivity index (χ3v) is 5.07. The van der Waals surface area contributed by atoms with E-state index in [9.17, 15) is 23.1 Å². The quantitative estimate of drug-likeness (QED) is 0.629. The minimum absolute atomic E-state index is 0. The Hall–Kier alpha value is -1.51. The average Bonchev–Trinajstić information content (AvgIpc) is 2.65. The van der Waals surface area contributed by atoms with Gasteiger partial charge >= 0.3 is 6.18 Å². The smallest absolute Gasteiger partial charge is 0.430 e. The van der Waals surface area contributed by atoms with Crippen LogP contribution in [0.2, 0.25) is 0 Å². The average molecular weight is 425 g/mol. The van der Waals surface area contributed by atoms with Gasteiger partial charge in [-0.2, -0.15) is 13.2 Å². The second-order valence-corrected chi connectivity index (χ2v) is 7.09. The molecule has 1 aromatic rings. The van der Waals surface area contributed by atoms with Gasteiger partial charge in [-0.25, -0.2) is 0 Å². The highest BCUT2D eigenvalue weighted by Crippen LogP contribution is 2.40. The molecule has 0 radical (unpaired) electrons. The van der Waals surface area contributed by atoms with Gasteiger partial charge in [-0.3, -0.25) is 4.79 Å². The fourth-order valence-corrected chi connectivity index (χ4v) is 3.33. The molecule has 1 amide bonds. The van der Waals surface area contributed by atoms with E-state index in [4.69, 9.17) is 4.74 Å². The topological polar surface area (TPSA) is 70.6 Å². The number of hydrogen-bond acceptors (Lipinski definition) is 4. The summed E-state index contributed by atoms with van der Waals surface area (Å²) < 4.78 is 45.8. The van der Waals surface area contributed by atoms with Crippen molar-refractivity contribution in [3.8, 4) is 5.75 Å². The Morgan fingerprint density at radius 3 is 2.57 bits per heavy atom. The molecule has 3 N–H and O–H groups in total. The van der Waals surface area contributed by atoms with Crippen LogP contribution in [0.1, 0.15) is 38.2 Å². The Labute approximate surface area is 169 Å². The van der Waals surface area contributed by atoms with E-state index in [1.165, 1.54) is 19.2 Å². The first kappa shape index (κ1) is 24.5. The van der Waals surface area contributed by atoms with Gasteiger partial charge in [-0.1, -0.05) is 12.1 Å². The number of rotatable bonds is 7. The first-order chi connectivity index (χ1) is 12.7. The molecule has 0 bridgehead atoms. The Morgan fingerprint density at radius 2 is 2.00 bits per heavy atom. The molecule has 1 aliphatic rings. The van der Waals surface area contributed by atoms with Crippen LogP contribution in [0, 0.1) is 5.92 Å². The zero-order valence-corrected chi connectivity index (χ0v) is 16.8. The minimum Gasteiger partial charge on any atom is -0.497 e. The first-order valence-corrected chi connectivity index (χ1v) is 9.13. The summed E-state index contributed by atoms with van der Waals surface area (Å²) in [6, 6.07) is 4.35. The van der Waals surface area contributed by atoms with Gasteiger partial charge in [-0.05, 0) is 63.7 Å². The summed E-state index contributed by atoms with van der Waals surface area (Å²) in [5.41, 5.74) is -4.21. The van der Waals surface area contributed by atoms with Crippen molar-refractivity contribution < 1.29 is 27.8 Å². The third kappa shape index (κ3) is 5.75. The normalized spacial score (nSPS) is 18.5. The molecule has 5 nitrogen and oxygen atoms in total. The molecule has 28 heavy (non-hydrogen) atoms. The first-order valence-electron chi connectivity index (χ1n) is 9.13. The summed E-state index contributed by atoms with van der Waals surface area (Å²) in [4.78, 5) is 12.4. The summed E-state index contributed by atoms with van der Waals surface area (Å²) in [7, 11) is 1.30. The SMILES string of the molecule is COc1cccc([C@@](O)(C(=O)NC(C)CCC2CCNCC2)C(F)(F)F)c1.Cl. The van der Waals surface area contributed by atoms with Crippen molar-refractivity contribution in [3.63, 3.8) is 0 Å². The highest BCUT2D eigenvalue weighted by Gasteiger charge is 2.61. The molecule has 1 heterocycles. The van der Waals surface area contributed by atoms with Gasteiger partial charge in [0.2, 0.25) is 0 Å². The highest BCUT2D eigenvalue weighted by molar-refractivity contribution is 5.87. The van der Waals surface area contributed by atoms with E-state index < -0.39 is 29.3 Å². The van der Waals surface area contributed by atoms with Crippen molar-refractivity contribution in [2.45, 2.75) is 50.4 Å². The number of halogens is 4. The number of hydrogen-bond donors (Lipinski definition) is 3. The lowest BCUT2D eigenvalue weighted by Crippen LogP contribution is -2.56. The summed E-state index contributed by atoms with van der Waals surface area (Å²) in [6.07, 6.45) is -1.73. The molecule has 1 aromatic carbocycles. The van der Waals surface area contributed by atoms with Crippen LogP contribution in [0.25, 0.3) is 0 Å². The zero-order valence-electron chi connectivity index (χ0n) is 16.0. The summed E-state index contributed by atoms with van der Waals surface area (Å²) in [5, 5.41) is 16.0. The lowest BCUT2D eigenvalue weighted by Gasteiger charge is -2.31. The predicted molar refractivity (Wildman–Crippen MR) is 103 cm³/mol. The number of ether oxygens (including phenoxy) is 1. The molecule has 9 heteroatoms. The largest absolute Gasteiger partial charge is 0.497 e. The second kappa shape index (κ2) is 10.3. The molecule has 0 saturated carbocycles. The summed E-state index contributed by atoms with van der Waals surface area (Å²) in [5.74, 6) is -0.839. The van der Waals surface area contributed by atoms with Crippen molar-refractivity contribution in [1.82, 2.24) is 10.6 Å². The number of carbonyl (C=O) groups is 1. The third-order valence-electron chi connectivity index (χ3n) is 5.07. The summed E-state index contributed by atoms with van der Waals surface area (Å²) >= 11 is 0. The number of alkyl halides is 3. The van der Waals surface area contributed by atoms with Crippen molar-refractivity contribution >= 4 is 18.3 Å². The number of methoxy groups -OCH3 is 1. The van der Waals surface area contributed by atoms with Crippen molar-refractivity contribution in [3.05, 3.63) is 29.8 Å². The van der Waals surface area contributed by atoms with Gasteiger partial charge in [-0.15, -0.1) is 12.4 Å². The Kier molecular flexibility index (Phi) is 9.04. The van der Waals surface area contributed by atoms with E-state index in [0.717, 1.165) is 44.5 Å².